The number of aliphatic hydroxyl groups is 2. The molecule has 0 aromatic heterocycles. The zero-order chi connectivity index (χ0) is 13.2. The Morgan fingerprint density at radius 1 is 1.44 bits per heavy atom. The lowest BCUT2D eigenvalue weighted by Gasteiger charge is -2.17. The molecule has 100 valence electrons. The molecule has 0 fully saturated rings. The molecule has 0 aliphatic rings. The van der Waals surface area contributed by atoms with Gasteiger partial charge in [0.15, 0.2) is 0 Å². The molecule has 0 aromatic rings. The van der Waals surface area contributed by atoms with Crippen molar-refractivity contribution in [3.05, 3.63) is 0 Å². The Balaban J connectivity index is 0. The number of hydrogen-bond donors (Lipinski definition) is 6. The van der Waals surface area contributed by atoms with E-state index in [9.17, 15) is 0 Å². The van der Waals surface area contributed by atoms with Crippen LogP contribution in [0.4, 0.5) is 0 Å². The lowest BCUT2D eigenvalue weighted by Crippen LogP contribution is -2.39. The number of hydrogen-bond acceptors (Lipinski definition) is 6. The van der Waals surface area contributed by atoms with E-state index in [1.807, 2.05) is 0 Å². The van der Waals surface area contributed by atoms with Gasteiger partial charge in [-0.2, -0.15) is 8.42 Å². The molecule has 0 aliphatic carbocycles. The van der Waals surface area contributed by atoms with Crippen molar-refractivity contribution in [1.29, 1.82) is 0 Å². The zero-order valence-electron chi connectivity index (χ0n) is 9.20. The van der Waals surface area contributed by atoms with Gasteiger partial charge in [-0.1, -0.05) is 0 Å². The van der Waals surface area contributed by atoms with E-state index >= 15 is 0 Å². The average Bonchev–Trinajstić information content (AvgIpc) is 2.08. The van der Waals surface area contributed by atoms with Gasteiger partial charge in [-0.05, 0) is 13.3 Å². The van der Waals surface area contributed by atoms with E-state index in [1.165, 1.54) is 0 Å². The van der Waals surface area contributed by atoms with Gasteiger partial charge in [-0.15, -0.1) is 0 Å². The minimum atomic E-state index is -4.17. The summed E-state index contributed by atoms with van der Waals surface area (Å²) < 4.78 is 25.2. The normalized spacial score (nSPS) is 14.9. The molecule has 0 spiro atoms. The molecule has 8 nitrogen and oxygen atoms in total. The quantitative estimate of drug-likeness (QED) is 0.285. The summed E-state index contributed by atoms with van der Waals surface area (Å²) in [7, 11) is -4.17. The number of nitrogens with one attached hydrogen (secondary N) is 1. The van der Waals surface area contributed by atoms with E-state index in [0.717, 1.165) is 0 Å². The molecule has 0 aromatic carbocycles. The zero-order valence-corrected chi connectivity index (χ0v) is 10.0. The Morgan fingerprint density at radius 3 is 2.12 bits per heavy atom. The SMILES string of the molecule is CC(O)CC(CN)NCCO.NS(=O)(=O)O. The summed E-state index contributed by atoms with van der Waals surface area (Å²) >= 11 is 0. The first-order valence-corrected chi connectivity index (χ1v) is 6.18. The van der Waals surface area contributed by atoms with Crippen LogP contribution in [0.3, 0.4) is 0 Å². The van der Waals surface area contributed by atoms with Crippen LogP contribution in [0, 0.1) is 0 Å². The summed E-state index contributed by atoms with van der Waals surface area (Å²) in [6.07, 6.45) is 0.297. The molecule has 9 heteroatoms. The van der Waals surface area contributed by atoms with Crippen LogP contribution in [0.1, 0.15) is 13.3 Å². The van der Waals surface area contributed by atoms with Crippen LogP contribution in [-0.2, 0) is 10.3 Å². The van der Waals surface area contributed by atoms with Crippen LogP contribution in [0.2, 0.25) is 0 Å². The summed E-state index contributed by atoms with van der Waals surface area (Å²) in [5, 5.41) is 24.4. The second-order valence-corrected chi connectivity index (χ2v) is 4.24. The molecule has 2 atom stereocenters. The van der Waals surface area contributed by atoms with Crippen molar-refractivity contribution < 1.29 is 23.2 Å². The molecule has 16 heavy (non-hydrogen) atoms. The van der Waals surface area contributed by atoms with E-state index in [-0.39, 0.29) is 18.8 Å². The first kappa shape index (κ1) is 18.1. The van der Waals surface area contributed by atoms with Gasteiger partial charge >= 0.3 is 10.3 Å². The lowest BCUT2D eigenvalue weighted by atomic mass is 10.1. The van der Waals surface area contributed by atoms with Crippen molar-refractivity contribution in [1.82, 2.24) is 5.32 Å². The number of nitrogens with two attached hydrogens (primary N) is 2. The molecule has 0 radical (unpaired) electrons. The fourth-order valence-corrected chi connectivity index (χ4v) is 0.943. The van der Waals surface area contributed by atoms with Crippen LogP contribution in [-0.4, -0.2) is 55.0 Å². The van der Waals surface area contributed by atoms with Crippen molar-refractivity contribution in [3.8, 4) is 0 Å². The number of aliphatic hydroxyl groups excluding tert-OH is 2. The van der Waals surface area contributed by atoms with E-state index in [1.54, 1.807) is 6.92 Å². The van der Waals surface area contributed by atoms with Gasteiger partial charge in [0.05, 0.1) is 12.7 Å². The van der Waals surface area contributed by atoms with Crippen LogP contribution >= 0.6 is 0 Å². The monoisotopic (exact) mass is 259 g/mol. The molecule has 0 amide bonds. The molecular formula is C7H21N3O5S. The second kappa shape index (κ2) is 9.90. The molecular weight excluding hydrogens is 238 g/mol. The first-order chi connectivity index (χ1) is 7.20. The van der Waals surface area contributed by atoms with Crippen molar-refractivity contribution in [3.63, 3.8) is 0 Å². The maximum Gasteiger partial charge on any atom is 0.330 e. The fourth-order valence-electron chi connectivity index (χ4n) is 0.943. The van der Waals surface area contributed by atoms with Gasteiger partial charge in [-0.3, -0.25) is 4.55 Å². The standard InChI is InChI=1S/C7H18N2O2.H3NO3S/c1-6(11)4-7(5-8)9-2-3-10;1-5(2,3)4/h6-7,9-11H,2-5,8H2,1H3;(H3,1,2,3,4). The summed E-state index contributed by atoms with van der Waals surface area (Å²) in [5.74, 6) is 0. The summed E-state index contributed by atoms with van der Waals surface area (Å²) in [6, 6.07) is 0.113. The predicted molar refractivity (Wildman–Crippen MR) is 60.0 cm³/mol. The average molecular weight is 259 g/mol. The van der Waals surface area contributed by atoms with Crippen molar-refractivity contribution >= 4 is 10.3 Å². The van der Waals surface area contributed by atoms with Gasteiger partial charge in [0.2, 0.25) is 0 Å². The van der Waals surface area contributed by atoms with E-state index in [4.69, 9.17) is 28.9 Å². The van der Waals surface area contributed by atoms with Gasteiger partial charge in [0.25, 0.3) is 0 Å². The Bertz CT molecular complexity index is 236. The topological polar surface area (TPSA) is 159 Å². The minimum absolute atomic E-state index is 0.107. The number of rotatable bonds is 6. The lowest BCUT2D eigenvalue weighted by molar-refractivity contribution is 0.166. The van der Waals surface area contributed by atoms with E-state index in [0.29, 0.717) is 19.5 Å². The third-order valence-corrected chi connectivity index (χ3v) is 1.45. The van der Waals surface area contributed by atoms with Gasteiger partial charge in [0.1, 0.15) is 0 Å². The Labute approximate surface area is 95.5 Å². The van der Waals surface area contributed by atoms with Gasteiger partial charge in [-0.25, -0.2) is 5.14 Å². The highest BCUT2D eigenvalue weighted by molar-refractivity contribution is 7.83. The van der Waals surface area contributed by atoms with Crippen LogP contribution in [0.5, 0.6) is 0 Å². The Hall–Kier alpha value is -0.290. The second-order valence-electron chi connectivity index (χ2n) is 3.21. The maximum atomic E-state index is 9.00. The molecule has 8 N–H and O–H groups in total. The molecule has 0 saturated heterocycles. The Kier molecular flexibility index (Phi) is 11.2. The van der Waals surface area contributed by atoms with Crippen LogP contribution < -0.4 is 16.2 Å². The van der Waals surface area contributed by atoms with Gasteiger partial charge in [0, 0.05) is 19.1 Å². The smallest absolute Gasteiger partial charge is 0.330 e. The van der Waals surface area contributed by atoms with Gasteiger partial charge < -0.3 is 21.3 Å². The van der Waals surface area contributed by atoms with Crippen molar-refractivity contribution in [2.75, 3.05) is 19.7 Å². The van der Waals surface area contributed by atoms with Crippen LogP contribution in [0.25, 0.3) is 0 Å². The highest BCUT2D eigenvalue weighted by Crippen LogP contribution is 1.94. The highest BCUT2D eigenvalue weighted by atomic mass is 32.2. The molecule has 0 bridgehead atoms. The summed E-state index contributed by atoms with van der Waals surface area (Å²) in [4.78, 5) is 0. The molecule has 0 aliphatic heterocycles. The highest BCUT2D eigenvalue weighted by Gasteiger charge is 2.07. The molecule has 0 rings (SSSR count). The molecule has 0 heterocycles. The van der Waals surface area contributed by atoms with E-state index in [2.05, 4.69) is 10.5 Å². The van der Waals surface area contributed by atoms with Crippen molar-refractivity contribution in [2.24, 2.45) is 10.9 Å². The molecule has 0 saturated carbocycles. The first-order valence-electron chi connectivity index (χ1n) is 4.68. The fraction of sp³-hybridized carbons (Fsp3) is 1.00. The summed E-state index contributed by atoms with van der Waals surface area (Å²) in [5.41, 5.74) is 5.41. The van der Waals surface area contributed by atoms with E-state index < -0.39 is 10.3 Å². The third kappa shape index (κ3) is 23.5. The minimum Gasteiger partial charge on any atom is -0.395 e. The largest absolute Gasteiger partial charge is 0.395 e. The predicted octanol–water partition coefficient (Wildman–Crippen LogP) is -2.59. The molecule has 2 unspecified atom stereocenters. The Morgan fingerprint density at radius 2 is 1.88 bits per heavy atom. The van der Waals surface area contributed by atoms with Crippen molar-refractivity contribution in [2.45, 2.75) is 25.5 Å². The van der Waals surface area contributed by atoms with Crippen LogP contribution in [0.15, 0.2) is 0 Å². The third-order valence-electron chi connectivity index (χ3n) is 1.45. The summed E-state index contributed by atoms with van der Waals surface area (Å²) in [6.45, 7) is 2.86. The maximum absolute atomic E-state index is 9.00.